The van der Waals surface area contributed by atoms with Gasteiger partial charge in [0.2, 0.25) is 0 Å². The number of benzene rings is 3. The number of amides is 1. The average molecular weight is 434 g/mol. The van der Waals surface area contributed by atoms with Crippen LogP contribution in [0.1, 0.15) is 10.4 Å². The molecule has 5 nitrogen and oxygen atoms in total. The van der Waals surface area contributed by atoms with E-state index >= 15 is 0 Å². The summed E-state index contributed by atoms with van der Waals surface area (Å²) in [5.41, 5.74) is 2.62. The highest BCUT2D eigenvalue weighted by Crippen LogP contribution is 2.40. The zero-order valence-electron chi connectivity index (χ0n) is 16.9. The van der Waals surface area contributed by atoms with Crippen LogP contribution in [-0.4, -0.2) is 25.1 Å². The van der Waals surface area contributed by atoms with Crippen molar-refractivity contribution in [1.29, 1.82) is 0 Å². The van der Waals surface area contributed by atoms with Gasteiger partial charge in [0.05, 0.1) is 14.2 Å². The molecule has 31 heavy (non-hydrogen) atoms. The number of carbonyl (C=O) groups excluding carboxylic acids is 1. The Kier molecular flexibility index (Phi) is 5.95. The Hall–Kier alpha value is -3.71. The van der Waals surface area contributed by atoms with Gasteiger partial charge in [-0.25, -0.2) is 9.37 Å². The van der Waals surface area contributed by atoms with Gasteiger partial charge in [0.1, 0.15) is 21.5 Å². The molecule has 0 spiro atoms. The molecule has 7 heteroatoms. The van der Waals surface area contributed by atoms with E-state index in [1.165, 1.54) is 23.5 Å². The number of nitrogens with zero attached hydrogens (tertiary/aromatic N) is 1. The number of anilines is 1. The Morgan fingerprint density at radius 1 is 0.903 bits per heavy atom. The molecule has 0 saturated carbocycles. The topological polar surface area (TPSA) is 60.5 Å². The first kappa shape index (κ1) is 20.6. The Bertz CT molecular complexity index is 1210. The molecule has 0 aliphatic rings. The van der Waals surface area contributed by atoms with Gasteiger partial charge >= 0.3 is 0 Å². The van der Waals surface area contributed by atoms with Gasteiger partial charge in [0.25, 0.3) is 5.91 Å². The molecular formula is C24H19FN2O3S. The fourth-order valence-corrected chi connectivity index (χ4v) is 4.04. The quantitative estimate of drug-likeness (QED) is 0.411. The van der Waals surface area contributed by atoms with E-state index in [1.54, 1.807) is 56.7 Å². The van der Waals surface area contributed by atoms with Crippen LogP contribution in [0.15, 0.2) is 72.8 Å². The van der Waals surface area contributed by atoms with E-state index in [-0.39, 0.29) is 11.7 Å². The van der Waals surface area contributed by atoms with Crippen molar-refractivity contribution < 1.29 is 18.7 Å². The van der Waals surface area contributed by atoms with Crippen molar-refractivity contribution in [1.82, 2.24) is 4.98 Å². The van der Waals surface area contributed by atoms with Crippen molar-refractivity contribution in [2.75, 3.05) is 19.5 Å². The summed E-state index contributed by atoms with van der Waals surface area (Å²) in [5.74, 6) is 0.605. The minimum Gasteiger partial charge on any atom is -0.493 e. The van der Waals surface area contributed by atoms with Crippen LogP contribution in [-0.2, 0) is 0 Å². The van der Waals surface area contributed by atoms with Crippen molar-refractivity contribution in [3.05, 3.63) is 84.2 Å². The Morgan fingerprint density at radius 2 is 1.58 bits per heavy atom. The summed E-state index contributed by atoms with van der Waals surface area (Å²) in [4.78, 5) is 17.5. The molecule has 0 radical (unpaired) electrons. The lowest BCUT2D eigenvalue weighted by atomic mass is 10.1. The van der Waals surface area contributed by atoms with Crippen LogP contribution < -0.4 is 14.8 Å². The van der Waals surface area contributed by atoms with E-state index in [4.69, 9.17) is 14.5 Å². The summed E-state index contributed by atoms with van der Waals surface area (Å²) in [7, 11) is 3.14. The fraction of sp³-hybridized carbons (Fsp3) is 0.0833. The maximum atomic E-state index is 13.4. The zero-order valence-corrected chi connectivity index (χ0v) is 17.7. The summed E-state index contributed by atoms with van der Waals surface area (Å²) in [6.07, 6.45) is 0. The molecule has 0 aliphatic heterocycles. The predicted molar refractivity (Wildman–Crippen MR) is 120 cm³/mol. The zero-order chi connectivity index (χ0) is 21.8. The second kappa shape index (κ2) is 8.97. The molecule has 4 aromatic rings. The summed E-state index contributed by atoms with van der Waals surface area (Å²) >= 11 is 1.33. The highest BCUT2D eigenvalue weighted by molar-refractivity contribution is 7.19. The SMILES string of the molecule is COc1ccc(-c2nc(-c3ccc(F)cc3)c(NC(=O)c3ccccc3)s2)cc1OC. The van der Waals surface area contributed by atoms with E-state index in [0.717, 1.165) is 5.56 Å². The maximum Gasteiger partial charge on any atom is 0.256 e. The summed E-state index contributed by atoms with van der Waals surface area (Å²) < 4.78 is 24.1. The van der Waals surface area contributed by atoms with Crippen LogP contribution in [0.25, 0.3) is 21.8 Å². The number of aromatic nitrogens is 1. The van der Waals surface area contributed by atoms with Gasteiger partial charge in [-0.2, -0.15) is 0 Å². The molecular weight excluding hydrogens is 415 g/mol. The molecule has 0 aliphatic carbocycles. The number of nitrogens with one attached hydrogen (secondary N) is 1. The van der Waals surface area contributed by atoms with E-state index in [0.29, 0.717) is 38.3 Å². The van der Waals surface area contributed by atoms with Crippen LogP contribution in [0, 0.1) is 5.82 Å². The number of rotatable bonds is 6. The minimum absolute atomic E-state index is 0.244. The van der Waals surface area contributed by atoms with E-state index < -0.39 is 0 Å². The molecule has 3 aromatic carbocycles. The van der Waals surface area contributed by atoms with Gasteiger partial charge in [-0.05, 0) is 54.6 Å². The van der Waals surface area contributed by atoms with Crippen LogP contribution in [0.3, 0.4) is 0 Å². The molecule has 1 heterocycles. The number of methoxy groups -OCH3 is 2. The lowest BCUT2D eigenvalue weighted by molar-refractivity contribution is 0.102. The Morgan fingerprint density at radius 3 is 2.26 bits per heavy atom. The average Bonchev–Trinajstić information content (AvgIpc) is 3.23. The number of thiazole rings is 1. The standard InChI is InChI=1S/C24H19FN2O3S/c1-29-19-13-10-17(14-20(19)30-2)23-26-21(15-8-11-18(25)12-9-15)24(31-23)27-22(28)16-6-4-3-5-7-16/h3-14H,1-2H3,(H,27,28). The van der Waals surface area contributed by atoms with Crippen molar-refractivity contribution >= 4 is 22.2 Å². The van der Waals surface area contributed by atoms with Crippen molar-refractivity contribution in [3.63, 3.8) is 0 Å². The third-order valence-corrected chi connectivity index (χ3v) is 5.66. The molecule has 0 saturated heterocycles. The van der Waals surface area contributed by atoms with E-state index in [9.17, 15) is 9.18 Å². The third-order valence-electron chi connectivity index (χ3n) is 4.64. The summed E-state index contributed by atoms with van der Waals surface area (Å²) in [5, 5.41) is 4.21. The number of carbonyl (C=O) groups is 1. The molecule has 1 N–H and O–H groups in total. The number of hydrogen-bond donors (Lipinski definition) is 1. The molecule has 0 fully saturated rings. The van der Waals surface area contributed by atoms with Crippen LogP contribution in [0.5, 0.6) is 11.5 Å². The maximum absolute atomic E-state index is 13.4. The van der Waals surface area contributed by atoms with Crippen LogP contribution >= 0.6 is 11.3 Å². The van der Waals surface area contributed by atoms with Gasteiger partial charge < -0.3 is 14.8 Å². The third kappa shape index (κ3) is 4.41. The van der Waals surface area contributed by atoms with Crippen molar-refractivity contribution in [2.45, 2.75) is 0 Å². The second-order valence-electron chi connectivity index (χ2n) is 6.59. The predicted octanol–water partition coefficient (Wildman–Crippen LogP) is 5.89. The minimum atomic E-state index is -0.339. The summed E-state index contributed by atoms with van der Waals surface area (Å²) in [6.45, 7) is 0. The second-order valence-corrected chi connectivity index (χ2v) is 7.59. The molecule has 0 atom stereocenters. The van der Waals surface area contributed by atoms with Gasteiger partial charge in [-0.15, -0.1) is 0 Å². The first-order valence-electron chi connectivity index (χ1n) is 9.44. The largest absolute Gasteiger partial charge is 0.493 e. The molecule has 156 valence electrons. The Balaban J connectivity index is 1.77. The number of ether oxygens (including phenoxy) is 2. The fourth-order valence-electron chi connectivity index (χ4n) is 3.07. The normalized spacial score (nSPS) is 10.5. The number of halogens is 1. The van der Waals surface area contributed by atoms with Crippen LogP contribution in [0.4, 0.5) is 9.39 Å². The van der Waals surface area contributed by atoms with Gasteiger partial charge in [0.15, 0.2) is 11.5 Å². The molecule has 1 amide bonds. The smallest absolute Gasteiger partial charge is 0.256 e. The van der Waals surface area contributed by atoms with Crippen molar-refractivity contribution in [2.24, 2.45) is 0 Å². The van der Waals surface area contributed by atoms with Gasteiger partial charge in [-0.3, -0.25) is 4.79 Å². The van der Waals surface area contributed by atoms with Gasteiger partial charge in [0, 0.05) is 16.7 Å². The number of hydrogen-bond acceptors (Lipinski definition) is 5. The first-order chi connectivity index (χ1) is 15.1. The molecule has 0 unspecified atom stereocenters. The lowest BCUT2D eigenvalue weighted by Gasteiger charge is -2.08. The lowest BCUT2D eigenvalue weighted by Crippen LogP contribution is -2.11. The van der Waals surface area contributed by atoms with Gasteiger partial charge in [-0.1, -0.05) is 29.5 Å². The van der Waals surface area contributed by atoms with E-state index in [2.05, 4.69) is 5.32 Å². The highest BCUT2D eigenvalue weighted by atomic mass is 32.1. The molecule has 0 bridgehead atoms. The van der Waals surface area contributed by atoms with Crippen molar-refractivity contribution in [3.8, 4) is 33.3 Å². The summed E-state index contributed by atoms with van der Waals surface area (Å²) in [6, 6.07) is 20.5. The molecule has 1 aromatic heterocycles. The monoisotopic (exact) mass is 434 g/mol. The van der Waals surface area contributed by atoms with Crippen LogP contribution in [0.2, 0.25) is 0 Å². The van der Waals surface area contributed by atoms with E-state index in [1.807, 2.05) is 18.2 Å². The Labute approximate surface area is 183 Å². The highest BCUT2D eigenvalue weighted by Gasteiger charge is 2.18. The first-order valence-corrected chi connectivity index (χ1v) is 10.3. The molecule has 4 rings (SSSR count).